The number of imide groups is 1. The lowest BCUT2D eigenvalue weighted by molar-refractivity contribution is -0.136. The van der Waals surface area contributed by atoms with Gasteiger partial charge in [-0.15, -0.1) is 0 Å². The average molecular weight is 748 g/mol. The van der Waals surface area contributed by atoms with Gasteiger partial charge in [-0.25, -0.2) is 4.39 Å². The van der Waals surface area contributed by atoms with Crippen molar-refractivity contribution in [3.05, 3.63) is 88.2 Å². The van der Waals surface area contributed by atoms with E-state index in [1.807, 2.05) is 36.4 Å². The van der Waals surface area contributed by atoms with Gasteiger partial charge in [-0.2, -0.15) is 0 Å². The van der Waals surface area contributed by atoms with Crippen LogP contribution in [0.15, 0.2) is 54.6 Å². The first-order chi connectivity index (χ1) is 26.8. The Bertz CT molecular complexity index is 1950. The Morgan fingerprint density at radius 3 is 2.31 bits per heavy atom. The normalized spacial score (nSPS) is 25.6. The predicted molar refractivity (Wildman–Crippen MR) is 211 cm³/mol. The number of nitrogens with one attached hydrogen (secondary N) is 1. The summed E-state index contributed by atoms with van der Waals surface area (Å²) in [6, 6.07) is 17.3. The van der Waals surface area contributed by atoms with Crippen LogP contribution in [0.25, 0.3) is 0 Å². The van der Waals surface area contributed by atoms with Crippen LogP contribution in [-0.4, -0.2) is 84.5 Å². The van der Waals surface area contributed by atoms with Crippen molar-refractivity contribution >= 4 is 29.1 Å². The number of carbonyl (C=O) groups excluding carboxylic acids is 3. The van der Waals surface area contributed by atoms with E-state index in [0.29, 0.717) is 42.0 Å². The lowest BCUT2D eigenvalue weighted by Crippen LogP contribution is -2.52. The third kappa shape index (κ3) is 7.23. The van der Waals surface area contributed by atoms with Gasteiger partial charge in [-0.05, 0) is 115 Å². The van der Waals surface area contributed by atoms with E-state index in [9.17, 15) is 19.5 Å². The molecule has 9 rings (SSSR count). The van der Waals surface area contributed by atoms with Crippen LogP contribution in [0.3, 0.4) is 0 Å². The molecule has 0 radical (unpaired) electrons. The fourth-order valence-corrected chi connectivity index (χ4v) is 11.0. The fraction of sp³-hybridized carbons (Fsp3) is 0.533. The summed E-state index contributed by atoms with van der Waals surface area (Å²) >= 11 is 0. The number of amides is 3. The van der Waals surface area contributed by atoms with Crippen molar-refractivity contribution in [2.24, 2.45) is 17.8 Å². The number of halogens is 1. The first-order valence-electron chi connectivity index (χ1n) is 20.9. The zero-order valence-electron chi connectivity index (χ0n) is 31.9. The Kier molecular flexibility index (Phi) is 10.0. The Morgan fingerprint density at radius 2 is 1.55 bits per heavy atom. The van der Waals surface area contributed by atoms with Gasteiger partial charge in [0.2, 0.25) is 11.8 Å². The monoisotopic (exact) mass is 747 g/mol. The minimum absolute atomic E-state index is 0.111. The summed E-state index contributed by atoms with van der Waals surface area (Å²) < 4.78 is 16.1. The maximum Gasteiger partial charge on any atom is 0.255 e. The average Bonchev–Trinajstić information content (AvgIpc) is 3.53. The second-order valence-corrected chi connectivity index (χ2v) is 17.1. The number of phenols is 1. The minimum Gasteiger partial charge on any atom is -0.508 e. The number of anilines is 2. The highest BCUT2D eigenvalue weighted by Crippen LogP contribution is 2.49. The molecular weight excluding hydrogens is 694 g/mol. The molecule has 0 aromatic heterocycles. The van der Waals surface area contributed by atoms with Crippen molar-refractivity contribution in [2.45, 2.75) is 89.1 Å². The molecule has 3 amide bonds. The Hall–Kier alpha value is -4.44. The number of aromatic hydroxyl groups is 1. The quantitative estimate of drug-likeness (QED) is 0.263. The third-order valence-corrected chi connectivity index (χ3v) is 13.9. The molecule has 6 aliphatic rings. The van der Waals surface area contributed by atoms with E-state index < -0.39 is 6.04 Å². The molecule has 290 valence electrons. The van der Waals surface area contributed by atoms with Crippen LogP contribution >= 0.6 is 0 Å². The molecule has 4 fully saturated rings. The number of piperidine rings is 2. The molecule has 3 aromatic carbocycles. The number of benzene rings is 3. The molecule has 55 heavy (non-hydrogen) atoms. The van der Waals surface area contributed by atoms with E-state index in [4.69, 9.17) is 0 Å². The van der Waals surface area contributed by atoms with Crippen LogP contribution in [0.1, 0.15) is 103 Å². The smallest absolute Gasteiger partial charge is 0.255 e. The van der Waals surface area contributed by atoms with Crippen LogP contribution in [-0.2, 0) is 22.6 Å². The molecule has 3 aromatic rings. The number of fused-ring (bicyclic) bond motifs is 2. The zero-order chi connectivity index (χ0) is 37.6. The number of rotatable bonds is 7. The largest absolute Gasteiger partial charge is 0.508 e. The van der Waals surface area contributed by atoms with E-state index in [-0.39, 0.29) is 35.9 Å². The topological polar surface area (TPSA) is 96.4 Å². The number of nitrogens with zero attached hydrogens (tertiary/aromatic N) is 4. The van der Waals surface area contributed by atoms with Crippen LogP contribution < -0.4 is 15.1 Å². The predicted octanol–water partition coefficient (Wildman–Crippen LogP) is 6.61. The lowest BCUT2D eigenvalue weighted by atomic mass is 9.64. The van der Waals surface area contributed by atoms with Crippen molar-refractivity contribution in [3.8, 4) is 5.75 Å². The zero-order valence-corrected chi connectivity index (χ0v) is 31.9. The molecule has 1 unspecified atom stereocenters. The van der Waals surface area contributed by atoms with Gasteiger partial charge in [0, 0.05) is 75.9 Å². The molecule has 4 aliphatic heterocycles. The number of hydrogen-bond acceptors (Lipinski definition) is 7. The molecule has 3 atom stereocenters. The van der Waals surface area contributed by atoms with Gasteiger partial charge in [0.15, 0.2) is 0 Å². The van der Waals surface area contributed by atoms with Crippen LogP contribution in [0, 0.1) is 23.6 Å². The summed E-state index contributed by atoms with van der Waals surface area (Å²) in [6.07, 6.45) is 11.3. The highest BCUT2D eigenvalue weighted by atomic mass is 19.1. The second-order valence-electron chi connectivity index (χ2n) is 17.1. The van der Waals surface area contributed by atoms with E-state index in [0.717, 1.165) is 94.0 Å². The van der Waals surface area contributed by atoms with E-state index in [2.05, 4.69) is 38.2 Å². The number of aryl methyl sites for hydroxylation is 1. The summed E-state index contributed by atoms with van der Waals surface area (Å²) in [4.78, 5) is 46.1. The number of carbonyl (C=O) groups is 3. The Balaban J connectivity index is 0.787. The van der Waals surface area contributed by atoms with E-state index in [1.54, 1.807) is 4.90 Å². The van der Waals surface area contributed by atoms with Crippen molar-refractivity contribution in [1.82, 2.24) is 15.1 Å². The highest BCUT2D eigenvalue weighted by molar-refractivity contribution is 6.05. The van der Waals surface area contributed by atoms with Crippen LogP contribution in [0.5, 0.6) is 5.75 Å². The van der Waals surface area contributed by atoms with Crippen molar-refractivity contribution in [2.75, 3.05) is 55.6 Å². The standard InChI is InChI=1S/C45H54FN5O4/c46-39-26-32(43-36(30-4-2-1-3-5-30)10-6-31-25-35(52)9-12-37(31)43)7-13-40(39)50-18-16-29(17-19-50)27-48-20-22-49(23-21-48)34-8-11-38-33(24-34)28-51(45(38)55)41-14-15-42(53)47-44(41)54/h7-9,11-13,24-26,29-30,36,41,43,52H,1-6,10,14-23,27-28H2,(H,47,53,54)/t36-,41?,43+/m1/s1. The number of piperazine rings is 1. The maximum atomic E-state index is 16.1. The third-order valence-electron chi connectivity index (χ3n) is 13.9. The van der Waals surface area contributed by atoms with Gasteiger partial charge < -0.3 is 19.8 Å². The molecular formula is C45H54FN5O4. The van der Waals surface area contributed by atoms with Gasteiger partial charge in [-0.1, -0.05) is 44.2 Å². The van der Waals surface area contributed by atoms with Gasteiger partial charge in [0.1, 0.15) is 17.6 Å². The van der Waals surface area contributed by atoms with E-state index in [1.165, 1.54) is 43.2 Å². The summed E-state index contributed by atoms with van der Waals surface area (Å²) in [6.45, 7) is 6.94. The molecule has 2 N–H and O–H groups in total. The van der Waals surface area contributed by atoms with Gasteiger partial charge in [-0.3, -0.25) is 24.6 Å². The van der Waals surface area contributed by atoms with Crippen molar-refractivity contribution < 1.29 is 23.9 Å². The van der Waals surface area contributed by atoms with Crippen LogP contribution in [0.2, 0.25) is 0 Å². The van der Waals surface area contributed by atoms with Crippen molar-refractivity contribution in [3.63, 3.8) is 0 Å². The molecule has 2 aliphatic carbocycles. The first kappa shape index (κ1) is 36.2. The summed E-state index contributed by atoms with van der Waals surface area (Å²) in [5.74, 6) is 1.36. The molecule has 9 nitrogen and oxygen atoms in total. The second kappa shape index (κ2) is 15.2. The molecule has 4 heterocycles. The SMILES string of the molecule is O=C1CCC(N2Cc3cc(N4CCN(CC5CCN(c6ccc([C@@H]7c8ccc(O)cc8CC[C@@H]7C7CCCCC7)cc6F)CC5)CC4)ccc3C2=O)C(=O)N1. The van der Waals surface area contributed by atoms with Crippen LogP contribution in [0.4, 0.5) is 15.8 Å². The molecule has 0 spiro atoms. The highest BCUT2D eigenvalue weighted by Gasteiger charge is 2.40. The molecule has 3 saturated heterocycles. The molecule has 10 heteroatoms. The van der Waals surface area contributed by atoms with Crippen molar-refractivity contribution in [1.29, 1.82) is 0 Å². The Morgan fingerprint density at radius 1 is 0.745 bits per heavy atom. The Labute approximate surface area is 323 Å². The minimum atomic E-state index is -0.600. The molecule has 0 bridgehead atoms. The molecule has 1 saturated carbocycles. The number of hydrogen-bond donors (Lipinski definition) is 2. The first-order valence-corrected chi connectivity index (χ1v) is 20.9. The summed E-state index contributed by atoms with van der Waals surface area (Å²) in [5.41, 5.74) is 6.99. The van der Waals surface area contributed by atoms with Gasteiger partial charge in [0.25, 0.3) is 5.91 Å². The van der Waals surface area contributed by atoms with Gasteiger partial charge >= 0.3 is 0 Å². The fourth-order valence-electron chi connectivity index (χ4n) is 11.0. The summed E-state index contributed by atoms with van der Waals surface area (Å²) in [5, 5.41) is 12.6. The maximum absolute atomic E-state index is 16.1. The van der Waals surface area contributed by atoms with E-state index >= 15 is 4.39 Å². The number of phenolic OH excluding ortho intramolecular Hbond substituents is 1. The van der Waals surface area contributed by atoms with Gasteiger partial charge in [0.05, 0.1) is 5.69 Å². The lowest BCUT2D eigenvalue weighted by Gasteiger charge is -2.41. The summed E-state index contributed by atoms with van der Waals surface area (Å²) in [7, 11) is 0.